The molecule has 6 rings (SSSR count). The zero-order valence-electron chi connectivity index (χ0n) is 14.9. The molecule has 2 amide bonds. The molecule has 1 aromatic heterocycles. The van der Waals surface area contributed by atoms with Crippen molar-refractivity contribution in [2.45, 2.75) is 24.8 Å². The van der Waals surface area contributed by atoms with Gasteiger partial charge in [0.25, 0.3) is 0 Å². The normalized spacial score (nSPS) is 28.0. The highest BCUT2D eigenvalue weighted by Gasteiger charge is 2.59. The summed E-state index contributed by atoms with van der Waals surface area (Å²) in [4.78, 5) is 31.4. The van der Waals surface area contributed by atoms with Crippen molar-refractivity contribution in [3.05, 3.63) is 65.4 Å². The average molecular weight is 357 g/mol. The summed E-state index contributed by atoms with van der Waals surface area (Å²) in [7, 11) is 0. The smallest absolute Gasteiger partial charge is 0.237 e. The number of hydrogen-bond acceptors (Lipinski definition) is 3. The molecule has 3 heterocycles. The lowest BCUT2D eigenvalue weighted by Crippen LogP contribution is -2.41. The number of likely N-dealkylation sites (tertiary alicyclic amines) is 1. The number of nitrogens with one attached hydrogen (secondary N) is 2. The number of hydrogen-bond donors (Lipinski definition) is 2. The third kappa shape index (κ3) is 1.70. The summed E-state index contributed by atoms with van der Waals surface area (Å²) in [5.41, 5.74) is 5.39. The molecule has 5 heteroatoms. The number of amides is 2. The highest BCUT2D eigenvalue weighted by Crippen LogP contribution is 2.56. The second-order valence-electron chi connectivity index (χ2n) is 7.66. The lowest BCUT2D eigenvalue weighted by Gasteiger charge is -2.33. The number of aromatic amines is 1. The lowest BCUT2D eigenvalue weighted by atomic mass is 9.69. The van der Waals surface area contributed by atoms with Crippen LogP contribution >= 0.6 is 0 Å². The molecule has 0 bridgehead atoms. The van der Waals surface area contributed by atoms with Crippen LogP contribution in [0.5, 0.6) is 0 Å². The second-order valence-corrected chi connectivity index (χ2v) is 7.66. The molecule has 2 N–H and O–H groups in total. The first-order chi connectivity index (χ1) is 13.2. The van der Waals surface area contributed by atoms with Crippen molar-refractivity contribution < 1.29 is 9.59 Å². The van der Waals surface area contributed by atoms with Gasteiger partial charge in [0, 0.05) is 34.7 Å². The van der Waals surface area contributed by atoms with E-state index in [4.69, 9.17) is 0 Å². The second kappa shape index (κ2) is 5.00. The number of H-pyrrole nitrogens is 1. The first kappa shape index (κ1) is 15.0. The minimum Gasteiger partial charge on any atom is -0.380 e. The molecule has 1 fully saturated rings. The molecule has 4 unspecified atom stereocenters. The number of carbonyl (C=O) groups is 2. The van der Waals surface area contributed by atoms with Gasteiger partial charge in [0.05, 0.1) is 17.9 Å². The van der Waals surface area contributed by atoms with Gasteiger partial charge in [-0.3, -0.25) is 14.5 Å². The van der Waals surface area contributed by atoms with E-state index in [1.807, 2.05) is 37.3 Å². The molecule has 27 heavy (non-hydrogen) atoms. The molecule has 0 radical (unpaired) electrons. The Labute approximate surface area is 156 Å². The van der Waals surface area contributed by atoms with Crippen molar-refractivity contribution >= 4 is 28.4 Å². The summed E-state index contributed by atoms with van der Waals surface area (Å²) in [6, 6.07) is 16.2. The molecule has 1 aliphatic carbocycles. The zero-order valence-corrected chi connectivity index (χ0v) is 14.9. The van der Waals surface area contributed by atoms with Gasteiger partial charge in [0.1, 0.15) is 0 Å². The Morgan fingerprint density at radius 2 is 1.74 bits per heavy atom. The van der Waals surface area contributed by atoms with E-state index in [-0.39, 0.29) is 29.7 Å². The quantitative estimate of drug-likeness (QED) is 0.658. The monoisotopic (exact) mass is 357 g/mol. The van der Waals surface area contributed by atoms with Gasteiger partial charge in [-0.25, -0.2) is 0 Å². The molecule has 0 saturated carbocycles. The minimum atomic E-state index is -0.410. The number of likely N-dealkylation sites (N-methyl/N-ethyl adjacent to an activating group) is 1. The summed E-state index contributed by atoms with van der Waals surface area (Å²) in [5.74, 6) is -0.819. The van der Waals surface area contributed by atoms with Crippen LogP contribution in [0.15, 0.2) is 48.5 Å². The van der Waals surface area contributed by atoms with Crippen LogP contribution in [0.4, 0.5) is 5.69 Å². The van der Waals surface area contributed by atoms with Gasteiger partial charge in [-0.15, -0.1) is 0 Å². The predicted molar refractivity (Wildman–Crippen MR) is 103 cm³/mol. The molecular weight excluding hydrogens is 338 g/mol. The van der Waals surface area contributed by atoms with Gasteiger partial charge in [0.2, 0.25) is 11.8 Å². The third-order valence-corrected chi connectivity index (χ3v) is 6.52. The van der Waals surface area contributed by atoms with Gasteiger partial charge in [0.15, 0.2) is 0 Å². The topological polar surface area (TPSA) is 65.2 Å². The molecule has 2 aromatic carbocycles. The molecule has 1 saturated heterocycles. The van der Waals surface area contributed by atoms with E-state index in [9.17, 15) is 9.59 Å². The SMILES string of the molecule is CCN1C(=O)C2c3c([nH]c4ccccc34)C3c4ccccc4NC3C2C1=O. The number of nitrogens with zero attached hydrogens (tertiary/aromatic N) is 1. The zero-order chi connectivity index (χ0) is 18.3. The molecule has 2 aliphatic heterocycles. The van der Waals surface area contributed by atoms with Gasteiger partial charge >= 0.3 is 0 Å². The van der Waals surface area contributed by atoms with E-state index in [2.05, 4.69) is 28.5 Å². The van der Waals surface area contributed by atoms with Crippen LogP contribution < -0.4 is 5.32 Å². The van der Waals surface area contributed by atoms with Crippen molar-refractivity contribution in [2.75, 3.05) is 11.9 Å². The highest BCUT2D eigenvalue weighted by atomic mass is 16.2. The number of aromatic nitrogens is 1. The average Bonchev–Trinajstić information content (AvgIpc) is 3.31. The van der Waals surface area contributed by atoms with E-state index < -0.39 is 5.92 Å². The summed E-state index contributed by atoms with van der Waals surface area (Å²) in [6.45, 7) is 2.30. The molecule has 5 nitrogen and oxygen atoms in total. The standard InChI is InChI=1S/C22H19N3O2/c1-2-25-21(26)17-15-11-7-3-5-9-13(11)23-19(15)16-12-8-4-6-10-14(12)24-20(16)18(17)22(25)27/h3-10,16-18,20,23-24H,2H2,1H3. The van der Waals surface area contributed by atoms with Crippen LogP contribution in [0.2, 0.25) is 0 Å². The Hall–Kier alpha value is -3.08. The van der Waals surface area contributed by atoms with Crippen LogP contribution in [-0.2, 0) is 9.59 Å². The van der Waals surface area contributed by atoms with Gasteiger partial charge in [-0.2, -0.15) is 0 Å². The maximum Gasteiger partial charge on any atom is 0.237 e. The molecule has 0 spiro atoms. The first-order valence-corrected chi connectivity index (χ1v) is 9.52. The predicted octanol–water partition coefficient (Wildman–Crippen LogP) is 3.20. The maximum absolute atomic E-state index is 13.2. The Bertz CT molecular complexity index is 1130. The molecular formula is C22H19N3O2. The Morgan fingerprint density at radius 3 is 2.59 bits per heavy atom. The van der Waals surface area contributed by atoms with Gasteiger partial charge in [-0.1, -0.05) is 36.4 Å². The molecule has 3 aromatic rings. The van der Waals surface area contributed by atoms with E-state index in [0.717, 1.165) is 27.8 Å². The van der Waals surface area contributed by atoms with Crippen LogP contribution in [0.1, 0.15) is 35.6 Å². The van der Waals surface area contributed by atoms with Gasteiger partial charge in [-0.05, 0) is 30.2 Å². The van der Waals surface area contributed by atoms with Crippen molar-refractivity contribution in [1.29, 1.82) is 0 Å². The van der Waals surface area contributed by atoms with Crippen molar-refractivity contribution in [1.82, 2.24) is 9.88 Å². The van der Waals surface area contributed by atoms with Crippen LogP contribution in [-0.4, -0.2) is 34.3 Å². The summed E-state index contributed by atoms with van der Waals surface area (Å²) < 4.78 is 0. The number of imide groups is 1. The number of anilines is 1. The van der Waals surface area contributed by atoms with E-state index in [0.29, 0.717) is 6.54 Å². The number of para-hydroxylation sites is 2. The largest absolute Gasteiger partial charge is 0.380 e. The highest BCUT2D eigenvalue weighted by molar-refractivity contribution is 6.11. The van der Waals surface area contributed by atoms with Crippen LogP contribution in [0.3, 0.4) is 0 Å². The van der Waals surface area contributed by atoms with Crippen molar-refractivity contribution in [3.63, 3.8) is 0 Å². The van der Waals surface area contributed by atoms with Crippen molar-refractivity contribution in [3.8, 4) is 0 Å². The molecule has 3 aliphatic rings. The lowest BCUT2D eigenvalue weighted by molar-refractivity contribution is -0.139. The summed E-state index contributed by atoms with van der Waals surface area (Å²) >= 11 is 0. The fourth-order valence-corrected chi connectivity index (χ4v) is 5.48. The summed E-state index contributed by atoms with van der Waals surface area (Å²) in [6.07, 6.45) is 0. The van der Waals surface area contributed by atoms with E-state index in [1.54, 1.807) is 0 Å². The molecule has 134 valence electrons. The Morgan fingerprint density at radius 1 is 0.963 bits per heavy atom. The molecule has 4 atom stereocenters. The Kier molecular flexibility index (Phi) is 2.78. The van der Waals surface area contributed by atoms with Crippen LogP contribution in [0.25, 0.3) is 10.9 Å². The van der Waals surface area contributed by atoms with E-state index in [1.165, 1.54) is 10.5 Å². The van der Waals surface area contributed by atoms with E-state index >= 15 is 0 Å². The number of fused-ring (bicyclic) bond motifs is 10. The number of carbonyl (C=O) groups excluding carboxylic acids is 2. The third-order valence-electron chi connectivity index (χ3n) is 6.52. The fourth-order valence-electron chi connectivity index (χ4n) is 5.48. The van der Waals surface area contributed by atoms with Crippen molar-refractivity contribution in [2.24, 2.45) is 5.92 Å². The number of rotatable bonds is 1. The Balaban J connectivity index is 1.68. The maximum atomic E-state index is 13.2. The summed E-state index contributed by atoms with van der Waals surface area (Å²) in [5, 5.41) is 4.63. The fraction of sp³-hybridized carbons (Fsp3) is 0.273. The minimum absolute atomic E-state index is 0.0428. The number of benzene rings is 2. The van der Waals surface area contributed by atoms with Crippen LogP contribution in [0, 0.1) is 5.92 Å². The van der Waals surface area contributed by atoms with Gasteiger partial charge < -0.3 is 10.3 Å². The first-order valence-electron chi connectivity index (χ1n) is 9.52.